The van der Waals surface area contributed by atoms with E-state index in [4.69, 9.17) is 15.0 Å². The van der Waals surface area contributed by atoms with Gasteiger partial charge in [-0.2, -0.15) is 4.98 Å². The molecule has 0 saturated heterocycles. The highest BCUT2D eigenvalue weighted by molar-refractivity contribution is 5.95. The number of rotatable bonds is 6. The van der Waals surface area contributed by atoms with Crippen LogP contribution < -0.4 is 15.8 Å². The van der Waals surface area contributed by atoms with E-state index < -0.39 is 5.91 Å². The zero-order chi connectivity index (χ0) is 18.4. The van der Waals surface area contributed by atoms with E-state index in [1.807, 2.05) is 0 Å². The van der Waals surface area contributed by atoms with Gasteiger partial charge in [-0.15, -0.1) is 0 Å². The van der Waals surface area contributed by atoms with Crippen LogP contribution in [0.5, 0.6) is 5.75 Å². The molecule has 0 unspecified atom stereocenters. The normalized spacial score (nSPS) is 15.2. The molecule has 8 heteroatoms. The molecule has 3 rings (SSSR count). The number of nitrogens with zero attached hydrogens (tertiary/aromatic N) is 2. The largest absolute Gasteiger partial charge is 0.485 e. The van der Waals surface area contributed by atoms with Gasteiger partial charge in [-0.25, -0.2) is 0 Å². The van der Waals surface area contributed by atoms with Gasteiger partial charge in [0.1, 0.15) is 5.75 Å². The number of nitrogens with two attached hydrogens (primary N) is 1. The molecule has 1 aromatic heterocycles. The minimum Gasteiger partial charge on any atom is -0.485 e. The number of para-hydroxylation sites is 1. The number of carbonyl (C=O) groups is 2. The second-order valence-electron chi connectivity index (χ2n) is 6.33. The molecule has 138 valence electrons. The summed E-state index contributed by atoms with van der Waals surface area (Å²) >= 11 is 0. The topological polar surface area (TPSA) is 120 Å². The summed E-state index contributed by atoms with van der Waals surface area (Å²) in [6.45, 7) is -0.0372. The van der Waals surface area contributed by atoms with Crippen molar-refractivity contribution in [3.8, 4) is 5.75 Å². The number of hydrogen-bond donors (Lipinski definition) is 2. The Balaban J connectivity index is 1.57. The van der Waals surface area contributed by atoms with Crippen LogP contribution in [0, 0.1) is 0 Å². The molecule has 2 amide bonds. The van der Waals surface area contributed by atoms with Crippen LogP contribution in [0.3, 0.4) is 0 Å². The van der Waals surface area contributed by atoms with Crippen LogP contribution in [0.1, 0.15) is 65.4 Å². The first-order chi connectivity index (χ1) is 12.6. The Morgan fingerprint density at radius 3 is 2.65 bits per heavy atom. The second-order valence-corrected chi connectivity index (χ2v) is 6.33. The van der Waals surface area contributed by atoms with E-state index in [1.54, 1.807) is 24.3 Å². The lowest BCUT2D eigenvalue weighted by atomic mass is 10.1. The van der Waals surface area contributed by atoms with Gasteiger partial charge >= 0.3 is 11.8 Å². The summed E-state index contributed by atoms with van der Waals surface area (Å²) in [7, 11) is 0. The minimum absolute atomic E-state index is 0.0372. The standard InChI is InChI=1S/C18H22N4O4/c19-16(23)13-9-5-6-10-14(13)25-11-15-21-18(26-22-15)17(24)20-12-7-3-1-2-4-8-12/h5-6,9-10,12H,1-4,7-8,11H2,(H2,19,23)(H,20,24). The molecule has 3 N–H and O–H groups in total. The fraction of sp³-hybridized carbons (Fsp3) is 0.444. The Morgan fingerprint density at radius 2 is 1.92 bits per heavy atom. The van der Waals surface area contributed by atoms with Crippen LogP contribution in [0.2, 0.25) is 0 Å². The van der Waals surface area contributed by atoms with Gasteiger partial charge in [-0.05, 0) is 25.0 Å². The third kappa shape index (κ3) is 4.59. The highest BCUT2D eigenvalue weighted by atomic mass is 16.5. The van der Waals surface area contributed by atoms with Crippen LogP contribution in [-0.4, -0.2) is 28.0 Å². The van der Waals surface area contributed by atoms with Gasteiger partial charge in [-0.3, -0.25) is 9.59 Å². The lowest BCUT2D eigenvalue weighted by molar-refractivity contribution is 0.0888. The van der Waals surface area contributed by atoms with Crippen LogP contribution in [-0.2, 0) is 6.61 Å². The number of ether oxygens (including phenoxy) is 1. The van der Waals surface area contributed by atoms with Crippen molar-refractivity contribution in [2.24, 2.45) is 5.73 Å². The van der Waals surface area contributed by atoms with Gasteiger partial charge in [0.15, 0.2) is 6.61 Å². The van der Waals surface area contributed by atoms with E-state index in [0.29, 0.717) is 5.75 Å². The Hall–Kier alpha value is -2.90. The van der Waals surface area contributed by atoms with Crippen molar-refractivity contribution in [2.45, 2.75) is 51.2 Å². The third-order valence-corrected chi connectivity index (χ3v) is 4.36. The Bertz CT molecular complexity index is 766. The smallest absolute Gasteiger partial charge is 0.316 e. The fourth-order valence-electron chi connectivity index (χ4n) is 3.01. The lowest BCUT2D eigenvalue weighted by Gasteiger charge is -2.14. The number of amides is 2. The van der Waals surface area contributed by atoms with Crippen molar-refractivity contribution in [3.05, 3.63) is 41.5 Å². The molecule has 1 aliphatic rings. The molecule has 0 spiro atoms. The first-order valence-corrected chi connectivity index (χ1v) is 8.78. The van der Waals surface area contributed by atoms with Gasteiger partial charge in [0.05, 0.1) is 5.56 Å². The molecule has 8 nitrogen and oxygen atoms in total. The molecule has 0 atom stereocenters. The van der Waals surface area contributed by atoms with E-state index in [2.05, 4.69) is 15.5 Å². The Labute approximate surface area is 151 Å². The van der Waals surface area contributed by atoms with Gasteiger partial charge < -0.3 is 20.3 Å². The van der Waals surface area contributed by atoms with E-state index >= 15 is 0 Å². The molecule has 1 saturated carbocycles. The quantitative estimate of drug-likeness (QED) is 0.764. The maximum atomic E-state index is 12.2. The molecule has 0 aliphatic heterocycles. The van der Waals surface area contributed by atoms with Crippen molar-refractivity contribution in [1.82, 2.24) is 15.5 Å². The molecular formula is C18H22N4O4. The molecule has 1 aliphatic carbocycles. The van der Waals surface area contributed by atoms with Crippen LogP contribution >= 0.6 is 0 Å². The number of hydrogen-bond acceptors (Lipinski definition) is 6. The number of carbonyl (C=O) groups excluding carboxylic acids is 2. The van der Waals surface area contributed by atoms with E-state index in [0.717, 1.165) is 25.7 Å². The molecule has 26 heavy (non-hydrogen) atoms. The average Bonchev–Trinajstić information content (AvgIpc) is 2.97. The summed E-state index contributed by atoms with van der Waals surface area (Å²) in [5, 5.41) is 6.70. The molecular weight excluding hydrogens is 336 g/mol. The van der Waals surface area contributed by atoms with E-state index in [1.165, 1.54) is 12.8 Å². The SMILES string of the molecule is NC(=O)c1ccccc1OCc1noc(C(=O)NC2CCCCCC2)n1. The van der Waals surface area contributed by atoms with Gasteiger partial charge in [0.25, 0.3) is 5.91 Å². The molecule has 0 bridgehead atoms. The minimum atomic E-state index is -0.586. The van der Waals surface area contributed by atoms with E-state index in [9.17, 15) is 9.59 Å². The lowest BCUT2D eigenvalue weighted by Crippen LogP contribution is -2.34. The summed E-state index contributed by atoms with van der Waals surface area (Å²) in [4.78, 5) is 27.7. The Morgan fingerprint density at radius 1 is 1.19 bits per heavy atom. The first-order valence-electron chi connectivity index (χ1n) is 8.78. The third-order valence-electron chi connectivity index (χ3n) is 4.36. The molecule has 1 fully saturated rings. The zero-order valence-corrected chi connectivity index (χ0v) is 14.4. The van der Waals surface area contributed by atoms with Gasteiger partial charge in [-0.1, -0.05) is 43.0 Å². The van der Waals surface area contributed by atoms with Crippen molar-refractivity contribution in [1.29, 1.82) is 0 Å². The predicted molar refractivity (Wildman–Crippen MR) is 92.5 cm³/mol. The monoisotopic (exact) mass is 358 g/mol. The zero-order valence-electron chi connectivity index (χ0n) is 14.4. The molecule has 0 radical (unpaired) electrons. The number of nitrogens with one attached hydrogen (secondary N) is 1. The molecule has 2 aromatic rings. The number of aromatic nitrogens is 2. The Kier molecular flexibility index (Phi) is 5.83. The summed E-state index contributed by atoms with van der Waals surface area (Å²) in [5.74, 6) is -0.494. The van der Waals surface area contributed by atoms with Crippen molar-refractivity contribution in [2.75, 3.05) is 0 Å². The van der Waals surface area contributed by atoms with Crippen LogP contribution in [0.4, 0.5) is 0 Å². The number of primary amides is 1. The average molecular weight is 358 g/mol. The summed E-state index contributed by atoms with van der Waals surface area (Å²) < 4.78 is 10.5. The van der Waals surface area contributed by atoms with Crippen LogP contribution in [0.15, 0.2) is 28.8 Å². The molecule has 1 heterocycles. The number of benzene rings is 1. The highest BCUT2D eigenvalue weighted by Crippen LogP contribution is 2.19. The van der Waals surface area contributed by atoms with Crippen molar-refractivity contribution < 1.29 is 18.8 Å². The maximum Gasteiger partial charge on any atom is 0.316 e. The second kappa shape index (κ2) is 8.46. The highest BCUT2D eigenvalue weighted by Gasteiger charge is 2.20. The first kappa shape index (κ1) is 17.9. The van der Waals surface area contributed by atoms with E-state index in [-0.39, 0.29) is 35.8 Å². The maximum absolute atomic E-state index is 12.2. The van der Waals surface area contributed by atoms with Crippen LogP contribution in [0.25, 0.3) is 0 Å². The predicted octanol–water partition coefficient (Wildman–Crippen LogP) is 2.20. The van der Waals surface area contributed by atoms with Gasteiger partial charge in [0.2, 0.25) is 5.82 Å². The van der Waals surface area contributed by atoms with Gasteiger partial charge in [0, 0.05) is 6.04 Å². The summed E-state index contributed by atoms with van der Waals surface area (Å²) in [6, 6.07) is 6.76. The summed E-state index contributed by atoms with van der Waals surface area (Å²) in [6.07, 6.45) is 6.60. The summed E-state index contributed by atoms with van der Waals surface area (Å²) in [5.41, 5.74) is 5.57. The van der Waals surface area contributed by atoms with Crippen molar-refractivity contribution >= 4 is 11.8 Å². The molecule has 1 aromatic carbocycles. The fourth-order valence-corrected chi connectivity index (χ4v) is 3.01. The van der Waals surface area contributed by atoms with Crippen molar-refractivity contribution in [3.63, 3.8) is 0 Å².